The van der Waals surface area contributed by atoms with Crippen molar-refractivity contribution in [2.24, 2.45) is 0 Å². The van der Waals surface area contributed by atoms with Crippen molar-refractivity contribution in [1.82, 2.24) is 9.29 Å². The second kappa shape index (κ2) is 9.36. The molecule has 2 aliphatic rings. The van der Waals surface area contributed by atoms with Gasteiger partial charge in [-0.15, -0.1) is 0 Å². The average Bonchev–Trinajstić information content (AvgIpc) is 3.35. The van der Waals surface area contributed by atoms with Crippen molar-refractivity contribution in [2.75, 3.05) is 30.4 Å². The van der Waals surface area contributed by atoms with E-state index in [1.807, 2.05) is 6.07 Å². The highest BCUT2D eigenvalue weighted by molar-refractivity contribution is 7.89. The molecule has 0 atom stereocenters. The van der Waals surface area contributed by atoms with E-state index in [2.05, 4.69) is 15.2 Å². The number of pyridine rings is 1. The number of hydrogen-bond donors (Lipinski definition) is 1. The molecular weight excluding hydrogens is 412 g/mol. The summed E-state index contributed by atoms with van der Waals surface area (Å²) in [6, 6.07) is 9.93. The Labute approximate surface area is 184 Å². The van der Waals surface area contributed by atoms with E-state index < -0.39 is 10.0 Å². The van der Waals surface area contributed by atoms with Gasteiger partial charge < -0.3 is 10.2 Å². The largest absolute Gasteiger partial charge is 0.370 e. The molecule has 0 bridgehead atoms. The number of nitrogens with zero attached hydrogens (tertiary/aromatic N) is 3. The molecule has 1 aliphatic carbocycles. The summed E-state index contributed by atoms with van der Waals surface area (Å²) in [7, 11) is -1.91. The van der Waals surface area contributed by atoms with Gasteiger partial charge in [-0.1, -0.05) is 19.3 Å². The normalized spacial score (nSPS) is 17.8. The highest BCUT2D eigenvalue weighted by Crippen LogP contribution is 2.27. The Balaban J connectivity index is 1.40. The second-order valence-corrected chi connectivity index (χ2v) is 10.4. The smallest absolute Gasteiger partial charge is 0.256 e. The topological polar surface area (TPSA) is 82.6 Å². The third-order valence-corrected chi connectivity index (χ3v) is 8.27. The number of hydrogen-bond acceptors (Lipinski definition) is 5. The van der Waals surface area contributed by atoms with Crippen molar-refractivity contribution in [3.05, 3.63) is 48.2 Å². The highest BCUT2D eigenvalue weighted by Gasteiger charge is 2.29. The molecule has 2 heterocycles. The van der Waals surface area contributed by atoms with Crippen molar-refractivity contribution >= 4 is 27.4 Å². The van der Waals surface area contributed by atoms with E-state index in [4.69, 9.17) is 0 Å². The van der Waals surface area contributed by atoms with Crippen LogP contribution in [0.5, 0.6) is 0 Å². The van der Waals surface area contributed by atoms with Gasteiger partial charge in [-0.2, -0.15) is 4.31 Å². The molecule has 1 saturated heterocycles. The summed E-state index contributed by atoms with van der Waals surface area (Å²) in [5, 5.41) is 2.78. The number of rotatable bonds is 6. The van der Waals surface area contributed by atoms with Crippen molar-refractivity contribution < 1.29 is 13.2 Å². The fourth-order valence-corrected chi connectivity index (χ4v) is 5.81. The number of amides is 1. The monoisotopic (exact) mass is 442 g/mol. The molecule has 2 aromatic rings. The highest BCUT2D eigenvalue weighted by atomic mass is 32.2. The molecule has 7 nitrogen and oxygen atoms in total. The van der Waals surface area contributed by atoms with Crippen LogP contribution in [0.2, 0.25) is 0 Å². The molecule has 31 heavy (non-hydrogen) atoms. The van der Waals surface area contributed by atoms with Gasteiger partial charge in [0.15, 0.2) is 0 Å². The van der Waals surface area contributed by atoms with Crippen LogP contribution in [0.25, 0.3) is 0 Å². The first-order chi connectivity index (χ1) is 14.9. The zero-order valence-electron chi connectivity index (χ0n) is 18.0. The molecule has 1 amide bonds. The van der Waals surface area contributed by atoms with E-state index in [1.54, 1.807) is 31.4 Å². The number of carbonyl (C=O) groups excluding carboxylic acids is 1. The molecule has 0 unspecified atom stereocenters. The predicted octanol–water partition coefficient (Wildman–Crippen LogP) is 3.89. The van der Waals surface area contributed by atoms with Crippen molar-refractivity contribution in [2.45, 2.75) is 55.9 Å². The quantitative estimate of drug-likeness (QED) is 0.734. The minimum absolute atomic E-state index is 0.0522. The third-order valence-electron chi connectivity index (χ3n) is 6.34. The maximum Gasteiger partial charge on any atom is 0.256 e. The van der Waals surface area contributed by atoms with E-state index in [0.29, 0.717) is 11.4 Å². The first-order valence-corrected chi connectivity index (χ1v) is 12.5. The Morgan fingerprint density at radius 2 is 1.68 bits per heavy atom. The summed E-state index contributed by atoms with van der Waals surface area (Å²) < 4.78 is 27.4. The van der Waals surface area contributed by atoms with Gasteiger partial charge in [0.05, 0.1) is 16.8 Å². The second-order valence-electron chi connectivity index (χ2n) is 8.39. The average molecular weight is 443 g/mol. The van der Waals surface area contributed by atoms with Crippen LogP contribution in [-0.4, -0.2) is 49.8 Å². The van der Waals surface area contributed by atoms with Crippen LogP contribution >= 0.6 is 0 Å². The van der Waals surface area contributed by atoms with E-state index in [9.17, 15) is 13.2 Å². The molecule has 1 N–H and O–H groups in total. The number of aromatic nitrogens is 1. The van der Waals surface area contributed by atoms with Crippen molar-refractivity contribution in [3.8, 4) is 0 Å². The van der Waals surface area contributed by atoms with Gasteiger partial charge in [-0.3, -0.25) is 4.79 Å². The summed E-state index contributed by atoms with van der Waals surface area (Å²) in [6.07, 6.45) is 9.27. The fraction of sp³-hybridized carbons (Fsp3) is 0.478. The molecule has 1 aromatic heterocycles. The molecule has 1 aromatic carbocycles. The van der Waals surface area contributed by atoms with Gasteiger partial charge >= 0.3 is 0 Å². The lowest BCUT2D eigenvalue weighted by Gasteiger charge is -2.30. The Bertz CT molecular complexity index is 994. The van der Waals surface area contributed by atoms with E-state index in [0.717, 1.165) is 44.5 Å². The Morgan fingerprint density at radius 3 is 2.29 bits per heavy atom. The van der Waals surface area contributed by atoms with Crippen LogP contribution in [0, 0.1) is 0 Å². The summed E-state index contributed by atoms with van der Waals surface area (Å²) in [5.74, 6) is 0.160. The number of nitrogens with one attached hydrogen (secondary N) is 1. The Hall–Kier alpha value is -2.45. The number of carbonyl (C=O) groups is 1. The predicted molar refractivity (Wildman–Crippen MR) is 122 cm³/mol. The molecular formula is C23H30N4O3S. The van der Waals surface area contributed by atoms with Crippen LogP contribution in [0.1, 0.15) is 55.3 Å². The standard InChI is InChI=1S/C23H30N4O3S/c1-26(19-7-3-2-4-8-19)31(29,30)21-12-9-18(10-13-21)23(28)25-22-14-11-20(17-24-22)27-15-5-6-16-27/h9-14,17,19H,2-8,15-16H2,1H3,(H,24,25,28). The van der Waals surface area contributed by atoms with Gasteiger partial charge in [0, 0.05) is 31.7 Å². The van der Waals surface area contributed by atoms with Crippen LogP contribution in [-0.2, 0) is 10.0 Å². The zero-order chi connectivity index (χ0) is 21.8. The first-order valence-electron chi connectivity index (χ1n) is 11.1. The van der Waals surface area contributed by atoms with Crippen molar-refractivity contribution in [3.63, 3.8) is 0 Å². The summed E-state index contributed by atoms with van der Waals surface area (Å²) in [5.41, 5.74) is 1.46. The molecule has 1 saturated carbocycles. The van der Waals surface area contributed by atoms with Gasteiger partial charge in [0.25, 0.3) is 5.91 Å². The summed E-state index contributed by atoms with van der Waals surface area (Å²) in [6.45, 7) is 2.08. The van der Waals surface area contributed by atoms with Gasteiger partial charge in [-0.05, 0) is 62.1 Å². The SMILES string of the molecule is CN(C1CCCCC1)S(=O)(=O)c1ccc(C(=O)Nc2ccc(N3CCCC3)cn2)cc1. The lowest BCUT2D eigenvalue weighted by Crippen LogP contribution is -2.38. The van der Waals surface area contributed by atoms with Crippen LogP contribution < -0.4 is 10.2 Å². The first kappa shape index (κ1) is 21.8. The number of benzene rings is 1. The Morgan fingerprint density at radius 1 is 1.00 bits per heavy atom. The minimum atomic E-state index is -3.57. The lowest BCUT2D eigenvalue weighted by atomic mass is 9.96. The van der Waals surface area contributed by atoms with E-state index in [1.165, 1.54) is 35.7 Å². The van der Waals surface area contributed by atoms with Gasteiger partial charge in [-0.25, -0.2) is 13.4 Å². The molecule has 1 aliphatic heterocycles. The van der Waals surface area contributed by atoms with E-state index in [-0.39, 0.29) is 16.8 Å². The molecule has 2 fully saturated rings. The minimum Gasteiger partial charge on any atom is -0.370 e. The lowest BCUT2D eigenvalue weighted by molar-refractivity contribution is 0.102. The summed E-state index contributed by atoms with van der Waals surface area (Å²) >= 11 is 0. The maximum atomic E-state index is 13.0. The van der Waals surface area contributed by atoms with Crippen LogP contribution in [0.4, 0.5) is 11.5 Å². The van der Waals surface area contributed by atoms with Gasteiger partial charge in [0.2, 0.25) is 10.0 Å². The summed E-state index contributed by atoms with van der Waals surface area (Å²) in [4.78, 5) is 19.4. The molecule has 4 rings (SSSR count). The zero-order valence-corrected chi connectivity index (χ0v) is 18.8. The molecule has 166 valence electrons. The van der Waals surface area contributed by atoms with E-state index >= 15 is 0 Å². The molecule has 0 radical (unpaired) electrons. The van der Waals surface area contributed by atoms with Crippen molar-refractivity contribution in [1.29, 1.82) is 0 Å². The maximum absolute atomic E-state index is 13.0. The van der Waals surface area contributed by atoms with Gasteiger partial charge in [0.1, 0.15) is 5.82 Å². The fourth-order valence-electron chi connectivity index (χ4n) is 4.40. The van der Waals surface area contributed by atoms with Crippen LogP contribution in [0.3, 0.4) is 0 Å². The third kappa shape index (κ3) is 4.91. The molecule has 0 spiro atoms. The van der Waals surface area contributed by atoms with Crippen LogP contribution in [0.15, 0.2) is 47.5 Å². The number of sulfonamides is 1. The Kier molecular flexibility index (Phi) is 6.57. The number of anilines is 2. The molecule has 8 heteroatoms.